The molecule has 1 fully saturated rings. The molecule has 1 heterocycles. The number of methoxy groups -OCH3 is 1. The van der Waals surface area contributed by atoms with Crippen LogP contribution in [0.4, 0.5) is 5.82 Å². The van der Waals surface area contributed by atoms with Crippen molar-refractivity contribution >= 4 is 5.82 Å². The molecular formula is C12H18N2O. The van der Waals surface area contributed by atoms with Crippen LogP contribution in [0.1, 0.15) is 32.1 Å². The Balaban J connectivity index is 1.96. The first kappa shape index (κ1) is 10.3. The van der Waals surface area contributed by atoms with Crippen molar-refractivity contribution in [2.75, 3.05) is 12.4 Å². The third kappa shape index (κ3) is 2.85. The summed E-state index contributed by atoms with van der Waals surface area (Å²) in [7, 11) is 1.65. The first-order valence-electron chi connectivity index (χ1n) is 5.66. The van der Waals surface area contributed by atoms with Crippen LogP contribution in [0.5, 0.6) is 5.88 Å². The summed E-state index contributed by atoms with van der Waals surface area (Å²) in [6.45, 7) is 0. The van der Waals surface area contributed by atoms with Gasteiger partial charge in [0.25, 0.3) is 0 Å². The SMILES string of the molecule is COc1cccc(NC2CCCCC2)n1. The number of nitrogens with one attached hydrogen (secondary N) is 1. The van der Waals surface area contributed by atoms with Gasteiger partial charge in [-0.15, -0.1) is 0 Å². The van der Waals surface area contributed by atoms with E-state index < -0.39 is 0 Å². The third-order valence-corrected chi connectivity index (χ3v) is 2.89. The molecule has 3 nitrogen and oxygen atoms in total. The minimum Gasteiger partial charge on any atom is -0.481 e. The number of ether oxygens (including phenoxy) is 1. The van der Waals surface area contributed by atoms with Crippen molar-refractivity contribution in [3.63, 3.8) is 0 Å². The summed E-state index contributed by atoms with van der Waals surface area (Å²) in [6.07, 6.45) is 6.57. The van der Waals surface area contributed by atoms with Crippen LogP contribution in [0.25, 0.3) is 0 Å². The molecule has 0 saturated heterocycles. The van der Waals surface area contributed by atoms with Crippen LogP contribution >= 0.6 is 0 Å². The summed E-state index contributed by atoms with van der Waals surface area (Å²) in [5, 5.41) is 3.46. The Kier molecular flexibility index (Phi) is 3.43. The fraction of sp³-hybridized carbons (Fsp3) is 0.583. The molecule has 2 rings (SSSR count). The number of rotatable bonds is 3. The average Bonchev–Trinajstić information content (AvgIpc) is 2.31. The van der Waals surface area contributed by atoms with Gasteiger partial charge in [-0.1, -0.05) is 25.3 Å². The standard InChI is InChI=1S/C12H18N2O/c1-15-12-9-5-8-11(14-12)13-10-6-3-2-4-7-10/h5,8-10H,2-4,6-7H2,1H3,(H,13,14). The van der Waals surface area contributed by atoms with E-state index in [4.69, 9.17) is 4.74 Å². The maximum absolute atomic E-state index is 5.09. The zero-order chi connectivity index (χ0) is 10.5. The average molecular weight is 206 g/mol. The Morgan fingerprint density at radius 3 is 2.80 bits per heavy atom. The minimum atomic E-state index is 0.596. The van der Waals surface area contributed by atoms with Crippen molar-refractivity contribution in [1.29, 1.82) is 0 Å². The molecule has 1 aliphatic carbocycles. The van der Waals surface area contributed by atoms with Gasteiger partial charge in [-0.2, -0.15) is 4.98 Å². The second-order valence-corrected chi connectivity index (χ2v) is 4.04. The summed E-state index contributed by atoms with van der Waals surface area (Å²) in [5.41, 5.74) is 0. The van der Waals surface area contributed by atoms with Gasteiger partial charge in [-0.25, -0.2) is 0 Å². The molecule has 82 valence electrons. The smallest absolute Gasteiger partial charge is 0.214 e. The van der Waals surface area contributed by atoms with Crippen molar-refractivity contribution in [2.45, 2.75) is 38.1 Å². The summed E-state index contributed by atoms with van der Waals surface area (Å²) < 4.78 is 5.09. The van der Waals surface area contributed by atoms with Gasteiger partial charge in [0.05, 0.1) is 7.11 Å². The van der Waals surface area contributed by atoms with E-state index in [1.54, 1.807) is 7.11 Å². The summed E-state index contributed by atoms with van der Waals surface area (Å²) in [4.78, 5) is 4.35. The fourth-order valence-corrected chi connectivity index (χ4v) is 2.06. The molecule has 3 heteroatoms. The van der Waals surface area contributed by atoms with Crippen LogP contribution in [0.15, 0.2) is 18.2 Å². The van der Waals surface area contributed by atoms with E-state index in [-0.39, 0.29) is 0 Å². The summed E-state index contributed by atoms with van der Waals surface area (Å²) >= 11 is 0. The molecule has 1 aromatic rings. The highest BCUT2D eigenvalue weighted by atomic mass is 16.5. The minimum absolute atomic E-state index is 0.596. The second kappa shape index (κ2) is 5.01. The van der Waals surface area contributed by atoms with Gasteiger partial charge in [0.15, 0.2) is 0 Å². The monoisotopic (exact) mass is 206 g/mol. The third-order valence-electron chi connectivity index (χ3n) is 2.89. The molecule has 0 amide bonds. The van der Waals surface area contributed by atoms with E-state index in [0.29, 0.717) is 11.9 Å². The topological polar surface area (TPSA) is 34.1 Å². The van der Waals surface area contributed by atoms with E-state index in [0.717, 1.165) is 5.82 Å². The molecule has 0 atom stereocenters. The van der Waals surface area contributed by atoms with Gasteiger partial charge in [0.2, 0.25) is 5.88 Å². The molecule has 1 aliphatic rings. The van der Waals surface area contributed by atoms with Crippen LogP contribution in [-0.2, 0) is 0 Å². The van der Waals surface area contributed by atoms with Crippen LogP contribution < -0.4 is 10.1 Å². The molecule has 0 spiro atoms. The van der Waals surface area contributed by atoms with Gasteiger partial charge in [-0.05, 0) is 18.9 Å². The Morgan fingerprint density at radius 1 is 1.27 bits per heavy atom. The quantitative estimate of drug-likeness (QED) is 0.825. The predicted octanol–water partition coefficient (Wildman–Crippen LogP) is 2.83. The molecule has 1 saturated carbocycles. The van der Waals surface area contributed by atoms with Crippen molar-refractivity contribution in [2.24, 2.45) is 0 Å². The van der Waals surface area contributed by atoms with E-state index >= 15 is 0 Å². The Labute approximate surface area is 90.9 Å². The first-order chi connectivity index (χ1) is 7.38. The lowest BCUT2D eigenvalue weighted by Gasteiger charge is -2.23. The molecule has 0 unspecified atom stereocenters. The van der Waals surface area contributed by atoms with Gasteiger partial charge < -0.3 is 10.1 Å². The summed E-state index contributed by atoms with van der Waals surface area (Å²) in [6, 6.07) is 6.43. The Morgan fingerprint density at radius 2 is 2.07 bits per heavy atom. The molecular weight excluding hydrogens is 188 g/mol. The second-order valence-electron chi connectivity index (χ2n) is 4.04. The number of hydrogen-bond donors (Lipinski definition) is 1. The van der Waals surface area contributed by atoms with Crippen molar-refractivity contribution < 1.29 is 4.74 Å². The highest BCUT2D eigenvalue weighted by Gasteiger charge is 2.13. The molecule has 1 aromatic heterocycles. The fourth-order valence-electron chi connectivity index (χ4n) is 2.06. The largest absolute Gasteiger partial charge is 0.481 e. The predicted molar refractivity (Wildman–Crippen MR) is 61.3 cm³/mol. The number of nitrogens with zero attached hydrogens (tertiary/aromatic N) is 1. The highest BCUT2D eigenvalue weighted by Crippen LogP contribution is 2.21. The number of aromatic nitrogens is 1. The molecule has 0 bridgehead atoms. The molecule has 0 aromatic carbocycles. The number of anilines is 1. The molecule has 0 aliphatic heterocycles. The maximum atomic E-state index is 5.09. The van der Waals surface area contributed by atoms with E-state index in [2.05, 4.69) is 10.3 Å². The Bertz CT molecular complexity index is 308. The maximum Gasteiger partial charge on any atom is 0.214 e. The van der Waals surface area contributed by atoms with Crippen molar-refractivity contribution in [1.82, 2.24) is 4.98 Å². The number of hydrogen-bond acceptors (Lipinski definition) is 3. The van der Waals surface area contributed by atoms with Crippen LogP contribution in [0.3, 0.4) is 0 Å². The van der Waals surface area contributed by atoms with Crippen LogP contribution in [0, 0.1) is 0 Å². The van der Waals surface area contributed by atoms with E-state index in [9.17, 15) is 0 Å². The van der Waals surface area contributed by atoms with E-state index in [1.165, 1.54) is 32.1 Å². The Hall–Kier alpha value is -1.25. The summed E-state index contributed by atoms with van der Waals surface area (Å²) in [5.74, 6) is 1.61. The molecule has 0 radical (unpaired) electrons. The van der Waals surface area contributed by atoms with Gasteiger partial charge in [-0.3, -0.25) is 0 Å². The highest BCUT2D eigenvalue weighted by molar-refractivity contribution is 5.38. The van der Waals surface area contributed by atoms with Gasteiger partial charge in [0.1, 0.15) is 5.82 Å². The van der Waals surface area contributed by atoms with E-state index in [1.807, 2.05) is 18.2 Å². The zero-order valence-electron chi connectivity index (χ0n) is 9.20. The lowest BCUT2D eigenvalue weighted by Crippen LogP contribution is -2.22. The first-order valence-corrected chi connectivity index (χ1v) is 5.66. The lowest BCUT2D eigenvalue weighted by molar-refractivity contribution is 0.397. The molecule has 15 heavy (non-hydrogen) atoms. The lowest BCUT2D eigenvalue weighted by atomic mass is 9.95. The van der Waals surface area contributed by atoms with Crippen LogP contribution in [-0.4, -0.2) is 18.1 Å². The van der Waals surface area contributed by atoms with Crippen molar-refractivity contribution in [3.8, 4) is 5.88 Å². The molecule has 1 N–H and O–H groups in total. The van der Waals surface area contributed by atoms with Crippen LogP contribution in [0.2, 0.25) is 0 Å². The number of pyridine rings is 1. The van der Waals surface area contributed by atoms with Gasteiger partial charge in [0, 0.05) is 12.1 Å². The normalized spacial score (nSPS) is 17.4. The van der Waals surface area contributed by atoms with Gasteiger partial charge >= 0.3 is 0 Å². The van der Waals surface area contributed by atoms with Crippen molar-refractivity contribution in [3.05, 3.63) is 18.2 Å². The zero-order valence-corrected chi connectivity index (χ0v) is 9.20.